The number of amides is 2. The van der Waals surface area contributed by atoms with Gasteiger partial charge in [0.2, 0.25) is 0 Å². The zero-order valence-corrected chi connectivity index (χ0v) is 20.6. The lowest BCUT2D eigenvalue weighted by atomic mass is 9.93. The van der Waals surface area contributed by atoms with E-state index in [1.165, 1.54) is 19.2 Å². The maximum Gasteiger partial charge on any atom is 0.291 e. The van der Waals surface area contributed by atoms with Crippen LogP contribution in [0.25, 0.3) is 0 Å². The monoisotopic (exact) mass is 510 g/mol. The summed E-state index contributed by atoms with van der Waals surface area (Å²) >= 11 is 5.82. The number of carbonyl (C=O) groups excluding carboxylic acids is 2. The van der Waals surface area contributed by atoms with Crippen molar-refractivity contribution in [3.63, 3.8) is 0 Å². The minimum atomic E-state index is -0.661. The standard InChI is InChI=1S/C25H23ClN4O6/c1-13-7-10-20(35-3)18(11-13)27-25(32)23-14(2)22-17(5-4-6-21(22)36-23)28-29-24(31)15-8-9-16(26)19(12-15)30(33)34/h7-12H,4-6H2,1-3H3,(H,27,32)(H,29,31)/b28-17+. The predicted molar refractivity (Wildman–Crippen MR) is 134 cm³/mol. The number of nitrogens with zero attached hydrogens (tertiary/aromatic N) is 2. The Balaban J connectivity index is 1.58. The van der Waals surface area contributed by atoms with Crippen LogP contribution in [0.1, 0.15) is 56.2 Å². The van der Waals surface area contributed by atoms with Crippen LogP contribution >= 0.6 is 11.6 Å². The molecular formula is C25H23ClN4O6. The molecule has 1 heterocycles. The first-order valence-corrected chi connectivity index (χ1v) is 11.5. The number of hydrogen-bond donors (Lipinski definition) is 2. The molecule has 2 amide bonds. The topological polar surface area (TPSA) is 136 Å². The van der Waals surface area contributed by atoms with Gasteiger partial charge in [0.15, 0.2) is 5.76 Å². The molecule has 0 saturated heterocycles. The molecule has 0 radical (unpaired) electrons. The van der Waals surface area contributed by atoms with E-state index in [0.29, 0.717) is 53.3 Å². The molecular weight excluding hydrogens is 488 g/mol. The number of hydrogen-bond acceptors (Lipinski definition) is 7. The van der Waals surface area contributed by atoms with Crippen molar-refractivity contribution in [1.29, 1.82) is 0 Å². The highest BCUT2D eigenvalue weighted by Crippen LogP contribution is 2.32. The maximum atomic E-state index is 13.1. The number of carbonyl (C=O) groups is 2. The van der Waals surface area contributed by atoms with Crippen LogP contribution in [0.4, 0.5) is 11.4 Å². The van der Waals surface area contributed by atoms with Gasteiger partial charge in [-0.15, -0.1) is 0 Å². The van der Waals surface area contributed by atoms with Crippen molar-refractivity contribution in [3.05, 3.63) is 85.3 Å². The largest absolute Gasteiger partial charge is 0.495 e. The summed E-state index contributed by atoms with van der Waals surface area (Å²) in [6.45, 7) is 3.67. The number of fused-ring (bicyclic) bond motifs is 1. The van der Waals surface area contributed by atoms with Crippen LogP contribution in [0.2, 0.25) is 5.02 Å². The second-order valence-corrected chi connectivity index (χ2v) is 8.70. The molecule has 0 atom stereocenters. The number of furan rings is 1. The van der Waals surface area contributed by atoms with E-state index >= 15 is 0 Å². The normalized spacial score (nSPS) is 13.7. The molecule has 0 unspecified atom stereocenters. The molecule has 0 bridgehead atoms. The molecule has 36 heavy (non-hydrogen) atoms. The van der Waals surface area contributed by atoms with Gasteiger partial charge in [-0.3, -0.25) is 19.7 Å². The number of nitro groups is 1. The van der Waals surface area contributed by atoms with Crippen LogP contribution in [-0.2, 0) is 6.42 Å². The SMILES string of the molecule is COc1ccc(C)cc1NC(=O)c1oc2c(c1C)/C(=N/NC(=O)c1ccc(Cl)c([N+](=O)[O-])c1)CCC2. The fourth-order valence-electron chi connectivity index (χ4n) is 4.07. The van der Waals surface area contributed by atoms with Crippen molar-refractivity contribution in [2.45, 2.75) is 33.1 Å². The summed E-state index contributed by atoms with van der Waals surface area (Å²) in [5.41, 5.74) is 5.43. The molecule has 2 aromatic carbocycles. The smallest absolute Gasteiger partial charge is 0.291 e. The van der Waals surface area contributed by atoms with E-state index in [0.717, 1.165) is 11.6 Å². The summed E-state index contributed by atoms with van der Waals surface area (Å²) < 4.78 is 11.2. The van der Waals surface area contributed by atoms with E-state index in [4.69, 9.17) is 20.8 Å². The van der Waals surface area contributed by atoms with Crippen LogP contribution in [0, 0.1) is 24.0 Å². The summed E-state index contributed by atoms with van der Waals surface area (Å²) in [7, 11) is 1.52. The van der Waals surface area contributed by atoms with Gasteiger partial charge in [-0.25, -0.2) is 5.43 Å². The molecule has 1 aliphatic rings. The fourth-order valence-corrected chi connectivity index (χ4v) is 4.26. The first-order valence-electron chi connectivity index (χ1n) is 11.1. The number of rotatable bonds is 6. The lowest BCUT2D eigenvalue weighted by Crippen LogP contribution is -2.22. The molecule has 10 nitrogen and oxygen atoms in total. The van der Waals surface area contributed by atoms with Crippen LogP contribution in [0.3, 0.4) is 0 Å². The molecule has 3 aromatic rings. The number of hydrazone groups is 1. The Hall–Kier alpha value is -4.18. The van der Waals surface area contributed by atoms with Crippen LogP contribution in [-0.4, -0.2) is 29.6 Å². The summed E-state index contributed by atoms with van der Waals surface area (Å²) in [4.78, 5) is 36.1. The number of nitrogens with one attached hydrogen (secondary N) is 2. The van der Waals surface area contributed by atoms with Crippen LogP contribution < -0.4 is 15.5 Å². The van der Waals surface area contributed by atoms with Crippen molar-refractivity contribution in [2.75, 3.05) is 12.4 Å². The molecule has 1 aliphatic carbocycles. The fraction of sp³-hybridized carbons (Fsp3) is 0.240. The van der Waals surface area contributed by atoms with Gasteiger partial charge in [-0.2, -0.15) is 5.10 Å². The third-order valence-corrected chi connectivity index (χ3v) is 6.15. The van der Waals surface area contributed by atoms with Crippen molar-refractivity contribution in [2.24, 2.45) is 5.10 Å². The Morgan fingerprint density at radius 2 is 1.92 bits per heavy atom. The number of nitro benzene ring substituents is 1. The lowest BCUT2D eigenvalue weighted by Gasteiger charge is -2.13. The Labute approximate surface area is 211 Å². The maximum absolute atomic E-state index is 13.1. The lowest BCUT2D eigenvalue weighted by molar-refractivity contribution is -0.384. The number of methoxy groups -OCH3 is 1. The predicted octanol–water partition coefficient (Wildman–Crippen LogP) is 5.19. The molecule has 0 fully saturated rings. The second-order valence-electron chi connectivity index (χ2n) is 8.29. The number of aryl methyl sites for hydroxylation is 2. The van der Waals surface area contributed by atoms with E-state index < -0.39 is 16.7 Å². The number of benzene rings is 2. The highest BCUT2D eigenvalue weighted by atomic mass is 35.5. The third kappa shape index (κ3) is 4.94. The Morgan fingerprint density at radius 3 is 2.64 bits per heavy atom. The van der Waals surface area contributed by atoms with Gasteiger partial charge in [0, 0.05) is 29.2 Å². The zero-order chi connectivity index (χ0) is 26.0. The highest BCUT2D eigenvalue weighted by Gasteiger charge is 2.28. The van der Waals surface area contributed by atoms with Gasteiger partial charge in [0.1, 0.15) is 16.5 Å². The molecule has 186 valence electrons. The van der Waals surface area contributed by atoms with Crippen molar-refractivity contribution >= 4 is 40.5 Å². The average Bonchev–Trinajstić information content (AvgIpc) is 3.20. The zero-order valence-electron chi connectivity index (χ0n) is 19.8. The molecule has 4 rings (SSSR count). The minimum absolute atomic E-state index is 0.0440. The Morgan fingerprint density at radius 1 is 1.14 bits per heavy atom. The molecule has 0 aliphatic heterocycles. The van der Waals surface area contributed by atoms with E-state index in [9.17, 15) is 19.7 Å². The van der Waals surface area contributed by atoms with Crippen molar-refractivity contribution in [3.8, 4) is 5.75 Å². The van der Waals surface area contributed by atoms with Crippen molar-refractivity contribution in [1.82, 2.24) is 5.43 Å². The molecule has 11 heteroatoms. The summed E-state index contributed by atoms with van der Waals surface area (Å²) in [5.74, 6) is 0.228. The van der Waals surface area contributed by atoms with E-state index in [1.807, 2.05) is 13.0 Å². The van der Waals surface area contributed by atoms with Crippen LogP contribution in [0.5, 0.6) is 5.75 Å². The first kappa shape index (κ1) is 24.9. The number of anilines is 1. The van der Waals surface area contributed by atoms with Gasteiger partial charge in [0.05, 0.1) is 23.4 Å². The van der Waals surface area contributed by atoms with Gasteiger partial charge < -0.3 is 14.5 Å². The van der Waals surface area contributed by atoms with Crippen molar-refractivity contribution < 1.29 is 23.7 Å². The van der Waals surface area contributed by atoms with Gasteiger partial charge in [-0.05, 0) is 56.5 Å². The van der Waals surface area contributed by atoms with E-state index in [2.05, 4.69) is 15.8 Å². The quantitative estimate of drug-likeness (QED) is 0.346. The molecule has 0 saturated carbocycles. The third-order valence-electron chi connectivity index (χ3n) is 5.83. The second kappa shape index (κ2) is 10.2. The number of halogens is 1. The Bertz CT molecular complexity index is 1410. The van der Waals surface area contributed by atoms with Gasteiger partial charge in [0.25, 0.3) is 17.5 Å². The van der Waals surface area contributed by atoms with E-state index in [1.54, 1.807) is 19.1 Å². The van der Waals surface area contributed by atoms with E-state index in [-0.39, 0.29) is 22.0 Å². The molecule has 0 spiro atoms. The summed E-state index contributed by atoms with van der Waals surface area (Å²) in [6, 6.07) is 9.21. The van der Waals surface area contributed by atoms with Gasteiger partial charge in [-0.1, -0.05) is 17.7 Å². The van der Waals surface area contributed by atoms with Gasteiger partial charge >= 0.3 is 0 Å². The number of ether oxygens (including phenoxy) is 1. The first-order chi connectivity index (χ1) is 17.2. The molecule has 1 aromatic heterocycles. The Kier molecular flexibility index (Phi) is 7.07. The summed E-state index contributed by atoms with van der Waals surface area (Å²) in [6.07, 6.45) is 1.89. The molecule has 2 N–H and O–H groups in total. The highest BCUT2D eigenvalue weighted by molar-refractivity contribution is 6.32. The van der Waals surface area contributed by atoms with Crippen LogP contribution in [0.15, 0.2) is 45.9 Å². The minimum Gasteiger partial charge on any atom is -0.495 e. The summed E-state index contributed by atoms with van der Waals surface area (Å²) in [5, 5.41) is 18.1. The average molecular weight is 511 g/mol.